The van der Waals surface area contributed by atoms with Crippen LogP contribution in [-0.4, -0.2) is 29.5 Å². The van der Waals surface area contributed by atoms with Crippen LogP contribution in [0.5, 0.6) is 5.75 Å². The van der Waals surface area contributed by atoms with Gasteiger partial charge in [-0.15, -0.1) is 0 Å². The van der Waals surface area contributed by atoms with Crippen LogP contribution in [0, 0.1) is 20.2 Å². The molecule has 0 fully saturated rings. The fourth-order valence-electron chi connectivity index (χ4n) is 2.12. The van der Waals surface area contributed by atoms with Crippen molar-refractivity contribution in [3.63, 3.8) is 0 Å². The summed E-state index contributed by atoms with van der Waals surface area (Å²) in [6.07, 6.45) is 0. The molecule has 0 radical (unpaired) electrons. The number of nitro groups is 2. The van der Waals surface area contributed by atoms with Crippen LogP contribution in [0.2, 0.25) is 0 Å². The van der Waals surface area contributed by atoms with Crippen molar-refractivity contribution in [3.8, 4) is 15.8 Å². The topological polar surface area (TPSA) is 107 Å². The quantitative estimate of drug-likeness (QED) is 0.437. The maximum absolute atomic E-state index is 10.8. The van der Waals surface area contributed by atoms with Crippen molar-refractivity contribution in [2.75, 3.05) is 0 Å². The molecule has 3 rings (SSSR count). The summed E-state index contributed by atoms with van der Waals surface area (Å²) in [6, 6.07) is 10.3. The summed E-state index contributed by atoms with van der Waals surface area (Å²) in [4.78, 5) is 20.5. The van der Waals surface area contributed by atoms with Crippen LogP contribution in [0.1, 0.15) is 0 Å². The van der Waals surface area contributed by atoms with Crippen molar-refractivity contribution >= 4 is 35.5 Å². The Morgan fingerprint density at radius 2 is 1.50 bits per heavy atom. The molecule has 0 unspecified atom stereocenters. The molecular weight excluding hydrogens is 355 g/mol. The zero-order valence-corrected chi connectivity index (χ0v) is 12.6. The van der Waals surface area contributed by atoms with E-state index in [0.29, 0.717) is 15.4 Å². The average Bonchev–Trinajstić information content (AvgIpc) is 2.84. The molecule has 3 aromatic rings. The minimum absolute atomic E-state index is 0.00699. The molecule has 2 aromatic carbocycles. The Kier molecular flexibility index (Phi) is 3.40. The van der Waals surface area contributed by atoms with Gasteiger partial charge in [-0.1, -0.05) is 0 Å². The fourth-order valence-corrected chi connectivity index (χ4v) is 4.39. The molecule has 22 heavy (non-hydrogen) atoms. The van der Waals surface area contributed by atoms with E-state index < -0.39 is 9.85 Å². The molecule has 0 bridgehead atoms. The van der Waals surface area contributed by atoms with Gasteiger partial charge in [0.25, 0.3) is 0 Å². The van der Waals surface area contributed by atoms with E-state index in [1.807, 2.05) is 0 Å². The first-order valence-corrected chi connectivity index (χ1v) is 7.83. The number of rotatable bonds is 3. The van der Waals surface area contributed by atoms with Crippen LogP contribution in [0.4, 0.5) is 11.4 Å². The van der Waals surface area contributed by atoms with Gasteiger partial charge < -0.3 is 0 Å². The Morgan fingerprint density at radius 3 is 2.09 bits per heavy atom. The molecule has 0 aliphatic rings. The summed E-state index contributed by atoms with van der Waals surface area (Å²) >= 11 is -0.204. The van der Waals surface area contributed by atoms with E-state index in [4.69, 9.17) is 0 Å². The van der Waals surface area contributed by atoms with Gasteiger partial charge in [0.15, 0.2) is 0 Å². The molecule has 110 valence electrons. The Bertz CT molecular complexity index is 901. The third-order valence-corrected chi connectivity index (χ3v) is 5.73. The number of hydrogen-bond donors (Lipinski definition) is 1. The molecule has 0 saturated carbocycles. The van der Waals surface area contributed by atoms with Gasteiger partial charge in [-0.3, -0.25) is 0 Å². The molecule has 0 atom stereocenters. The van der Waals surface area contributed by atoms with Crippen molar-refractivity contribution in [3.05, 3.63) is 62.7 Å². The third-order valence-electron chi connectivity index (χ3n) is 3.20. The first-order chi connectivity index (χ1) is 10.5. The first kappa shape index (κ1) is 14.2. The summed E-state index contributed by atoms with van der Waals surface area (Å²) in [7, 11) is 0. The normalized spacial score (nSPS) is 10.7. The van der Waals surface area contributed by atoms with Crippen LogP contribution in [-0.2, 0) is 0 Å². The summed E-state index contributed by atoms with van der Waals surface area (Å²) in [5, 5.41) is 32.3. The molecule has 0 amide bonds. The van der Waals surface area contributed by atoms with Crippen molar-refractivity contribution in [1.29, 1.82) is 0 Å². The molecule has 0 aliphatic heterocycles. The molecule has 1 heterocycles. The second-order valence-electron chi connectivity index (χ2n) is 4.52. The standard InChI is InChI=1S/C14H8N2O5Se/c17-13-11-7-10(16(20)21)5-6-12(11)22-14(13)8-1-3-9(4-2-8)15(18)19/h1-7,17H. The Hall–Kier alpha value is -2.70. The zero-order valence-electron chi connectivity index (χ0n) is 10.9. The van der Waals surface area contributed by atoms with Crippen molar-refractivity contribution < 1.29 is 15.0 Å². The van der Waals surface area contributed by atoms with Gasteiger partial charge in [0, 0.05) is 0 Å². The predicted molar refractivity (Wildman–Crippen MR) is 81.3 cm³/mol. The number of hydrogen-bond acceptors (Lipinski definition) is 5. The molecule has 0 saturated heterocycles. The number of fused-ring (bicyclic) bond motifs is 1. The predicted octanol–water partition coefficient (Wildman–Crippen LogP) is 3.09. The minimum atomic E-state index is -0.509. The number of nitrogens with zero attached hydrogens (tertiary/aromatic N) is 2. The Labute approximate surface area is 129 Å². The second-order valence-corrected chi connectivity index (χ2v) is 6.73. The summed E-state index contributed by atoms with van der Waals surface area (Å²) in [5.74, 6) is 0.00699. The van der Waals surface area contributed by atoms with E-state index >= 15 is 0 Å². The van der Waals surface area contributed by atoms with Crippen LogP contribution >= 0.6 is 0 Å². The molecule has 7 nitrogen and oxygen atoms in total. The number of aromatic hydroxyl groups is 1. The zero-order chi connectivity index (χ0) is 15.9. The first-order valence-electron chi connectivity index (χ1n) is 6.12. The fraction of sp³-hybridized carbons (Fsp3) is 0. The van der Waals surface area contributed by atoms with E-state index in [0.717, 1.165) is 4.26 Å². The van der Waals surface area contributed by atoms with E-state index in [-0.39, 0.29) is 31.6 Å². The number of benzene rings is 2. The van der Waals surface area contributed by atoms with Crippen LogP contribution in [0.25, 0.3) is 19.6 Å². The Morgan fingerprint density at radius 1 is 0.909 bits per heavy atom. The van der Waals surface area contributed by atoms with Gasteiger partial charge in [-0.05, 0) is 0 Å². The van der Waals surface area contributed by atoms with Gasteiger partial charge in [0.1, 0.15) is 0 Å². The SMILES string of the molecule is O=[N+]([O-])c1ccc(-c2[se]c3ccc([N+](=O)[O-])cc3c2O)cc1. The monoisotopic (exact) mass is 364 g/mol. The van der Waals surface area contributed by atoms with Gasteiger partial charge in [-0.2, -0.15) is 0 Å². The molecule has 0 spiro atoms. The summed E-state index contributed by atoms with van der Waals surface area (Å²) in [6.45, 7) is 0. The number of non-ortho nitro benzene ring substituents is 2. The second kappa shape index (κ2) is 5.25. The van der Waals surface area contributed by atoms with E-state index in [2.05, 4.69) is 0 Å². The van der Waals surface area contributed by atoms with Crippen molar-refractivity contribution in [1.82, 2.24) is 0 Å². The molecule has 1 aromatic heterocycles. The maximum atomic E-state index is 10.8. The summed E-state index contributed by atoms with van der Waals surface area (Å²) in [5.41, 5.74) is 0.579. The van der Waals surface area contributed by atoms with Gasteiger partial charge in [-0.25, -0.2) is 0 Å². The molecule has 1 N–H and O–H groups in total. The van der Waals surface area contributed by atoms with Gasteiger partial charge in [0.2, 0.25) is 0 Å². The Balaban J connectivity index is 2.13. The number of nitro benzene ring substituents is 2. The van der Waals surface area contributed by atoms with Crippen LogP contribution < -0.4 is 0 Å². The van der Waals surface area contributed by atoms with Crippen LogP contribution in [0.3, 0.4) is 0 Å². The van der Waals surface area contributed by atoms with E-state index in [9.17, 15) is 25.3 Å². The average molecular weight is 363 g/mol. The van der Waals surface area contributed by atoms with E-state index in [1.165, 1.54) is 24.3 Å². The van der Waals surface area contributed by atoms with E-state index in [1.54, 1.807) is 18.2 Å². The van der Waals surface area contributed by atoms with Crippen molar-refractivity contribution in [2.24, 2.45) is 0 Å². The van der Waals surface area contributed by atoms with Crippen LogP contribution in [0.15, 0.2) is 42.5 Å². The molecular formula is C14H8N2O5Se. The summed E-state index contributed by atoms with van der Waals surface area (Å²) < 4.78 is 1.52. The third kappa shape index (κ3) is 2.34. The molecule has 0 aliphatic carbocycles. The van der Waals surface area contributed by atoms with Crippen molar-refractivity contribution in [2.45, 2.75) is 0 Å². The molecule has 8 heteroatoms. The van der Waals surface area contributed by atoms with Gasteiger partial charge in [0.05, 0.1) is 0 Å². The van der Waals surface area contributed by atoms with Gasteiger partial charge >= 0.3 is 129 Å².